The lowest BCUT2D eigenvalue weighted by atomic mass is 10.2. The molecule has 39 heavy (non-hydrogen) atoms. The van der Waals surface area contributed by atoms with Gasteiger partial charge >= 0.3 is 0 Å². The van der Waals surface area contributed by atoms with Crippen molar-refractivity contribution in [1.82, 2.24) is 19.9 Å². The molecule has 4 aromatic rings. The lowest BCUT2D eigenvalue weighted by molar-refractivity contribution is 0.270. The number of piperazine rings is 1. The third-order valence-electron chi connectivity index (χ3n) is 6.84. The van der Waals surface area contributed by atoms with Gasteiger partial charge in [-0.05, 0) is 36.9 Å². The number of aromatic amines is 1. The molecule has 5 rings (SSSR count). The monoisotopic (exact) mass is 556 g/mol. The molecule has 10 nitrogen and oxygen atoms in total. The van der Waals surface area contributed by atoms with Gasteiger partial charge in [0.25, 0.3) is 0 Å². The van der Waals surface area contributed by atoms with Crippen molar-refractivity contribution in [3.8, 4) is 0 Å². The summed E-state index contributed by atoms with van der Waals surface area (Å²) in [7, 11) is -2.13. The van der Waals surface area contributed by atoms with Crippen LogP contribution in [-0.2, 0) is 10.0 Å². The van der Waals surface area contributed by atoms with Crippen LogP contribution in [0.3, 0.4) is 0 Å². The van der Waals surface area contributed by atoms with Gasteiger partial charge in [-0.1, -0.05) is 19.1 Å². The fourth-order valence-electron chi connectivity index (χ4n) is 4.58. The van der Waals surface area contributed by atoms with E-state index in [0.717, 1.165) is 49.5 Å². The molecule has 0 bridgehead atoms. The fourth-order valence-corrected chi connectivity index (χ4v) is 5.09. The first kappa shape index (κ1) is 26.6. The van der Waals surface area contributed by atoms with Crippen LogP contribution in [0.15, 0.2) is 48.7 Å². The number of rotatable bonds is 8. The van der Waals surface area contributed by atoms with Gasteiger partial charge in [-0.15, -0.1) is 0 Å². The second kappa shape index (κ2) is 10.7. The van der Waals surface area contributed by atoms with Crippen molar-refractivity contribution in [3.05, 3.63) is 60.3 Å². The number of aromatic nitrogens is 3. The number of para-hydroxylation sites is 2. The molecule has 2 aromatic carbocycles. The second-order valence-electron chi connectivity index (χ2n) is 9.34. The number of sulfonamides is 1. The van der Waals surface area contributed by atoms with E-state index in [0.29, 0.717) is 22.7 Å². The zero-order valence-electron chi connectivity index (χ0n) is 21.9. The van der Waals surface area contributed by atoms with Crippen LogP contribution in [-0.4, -0.2) is 74.3 Å². The first-order valence-electron chi connectivity index (χ1n) is 12.5. The molecule has 0 atom stereocenters. The summed E-state index contributed by atoms with van der Waals surface area (Å²) in [6.45, 7) is 6.36. The van der Waals surface area contributed by atoms with Crippen molar-refractivity contribution in [1.29, 1.82) is 0 Å². The van der Waals surface area contributed by atoms with Crippen molar-refractivity contribution in [2.75, 3.05) is 65.9 Å². The molecule has 1 aliphatic heterocycles. The van der Waals surface area contributed by atoms with E-state index in [1.165, 1.54) is 13.1 Å². The molecule has 206 valence electrons. The number of anilines is 6. The molecule has 3 N–H and O–H groups in total. The number of nitrogens with one attached hydrogen (secondary N) is 3. The van der Waals surface area contributed by atoms with Gasteiger partial charge in [-0.25, -0.2) is 17.2 Å². The van der Waals surface area contributed by atoms with E-state index < -0.39 is 15.8 Å². The maximum Gasteiger partial charge on any atom is 0.232 e. The van der Waals surface area contributed by atoms with Crippen LogP contribution in [0, 0.1) is 11.6 Å². The third-order valence-corrected chi connectivity index (χ3v) is 8.03. The molecular weight excluding hydrogens is 526 g/mol. The number of likely N-dealkylation sites (N-methyl/N-ethyl adjacent to an activating group) is 1. The van der Waals surface area contributed by atoms with Crippen LogP contribution in [0.2, 0.25) is 0 Å². The van der Waals surface area contributed by atoms with E-state index in [1.807, 2.05) is 4.90 Å². The summed E-state index contributed by atoms with van der Waals surface area (Å²) in [4.78, 5) is 15.9. The predicted octanol–water partition coefficient (Wildman–Crippen LogP) is 4.26. The van der Waals surface area contributed by atoms with Gasteiger partial charge in [-0.2, -0.15) is 9.97 Å². The summed E-state index contributed by atoms with van der Waals surface area (Å²) in [5, 5.41) is 6.16. The van der Waals surface area contributed by atoms with Crippen LogP contribution in [0.25, 0.3) is 11.0 Å². The van der Waals surface area contributed by atoms with Gasteiger partial charge in [0.2, 0.25) is 16.0 Å². The number of hydrogen-bond acceptors (Lipinski definition) is 8. The minimum absolute atomic E-state index is 0.101. The summed E-state index contributed by atoms with van der Waals surface area (Å²) in [6, 6.07) is 11.6. The van der Waals surface area contributed by atoms with E-state index in [9.17, 15) is 12.8 Å². The van der Waals surface area contributed by atoms with Crippen molar-refractivity contribution in [2.45, 2.75) is 6.92 Å². The van der Waals surface area contributed by atoms with Crippen molar-refractivity contribution in [2.24, 2.45) is 0 Å². The molecule has 0 aliphatic carbocycles. The number of nitrogens with zero attached hydrogens (tertiary/aromatic N) is 5. The maximum absolute atomic E-state index is 15.1. The molecule has 0 saturated carbocycles. The lowest BCUT2D eigenvalue weighted by Gasteiger charge is -2.35. The Morgan fingerprint density at radius 3 is 2.46 bits per heavy atom. The van der Waals surface area contributed by atoms with Crippen LogP contribution < -0.4 is 19.8 Å². The van der Waals surface area contributed by atoms with Gasteiger partial charge in [0, 0.05) is 45.1 Å². The van der Waals surface area contributed by atoms with E-state index >= 15 is 4.39 Å². The van der Waals surface area contributed by atoms with Crippen molar-refractivity contribution >= 4 is 55.6 Å². The highest BCUT2D eigenvalue weighted by atomic mass is 32.2. The average Bonchev–Trinajstić information content (AvgIpc) is 3.29. The number of fused-ring (bicyclic) bond motifs is 1. The summed E-state index contributed by atoms with van der Waals surface area (Å²) < 4.78 is 55.2. The topological polar surface area (TPSA) is 109 Å². The highest BCUT2D eigenvalue weighted by molar-refractivity contribution is 7.92. The maximum atomic E-state index is 15.1. The number of H-pyrrole nitrogens is 1. The van der Waals surface area contributed by atoms with Gasteiger partial charge in [0.05, 0.1) is 28.7 Å². The Bertz CT molecular complexity index is 1600. The fraction of sp³-hybridized carbons (Fsp3) is 0.308. The highest BCUT2D eigenvalue weighted by Crippen LogP contribution is 2.33. The third kappa shape index (κ3) is 5.59. The summed E-state index contributed by atoms with van der Waals surface area (Å²) in [5.41, 5.74) is 1.93. The molecule has 0 spiro atoms. The van der Waals surface area contributed by atoms with Gasteiger partial charge < -0.3 is 25.4 Å². The zero-order valence-corrected chi connectivity index (χ0v) is 22.7. The lowest BCUT2D eigenvalue weighted by Crippen LogP contribution is -2.46. The Kier molecular flexibility index (Phi) is 7.28. The molecule has 13 heteroatoms. The molecule has 2 aromatic heterocycles. The molecule has 1 aliphatic rings. The first-order chi connectivity index (χ1) is 18.6. The molecule has 1 saturated heterocycles. The molecule has 0 radical (unpaired) electrons. The quantitative estimate of drug-likeness (QED) is 0.295. The number of halogens is 2. The highest BCUT2D eigenvalue weighted by Gasteiger charge is 2.21. The molecule has 1 fully saturated rings. The Morgan fingerprint density at radius 1 is 1.03 bits per heavy atom. The molecule has 3 heterocycles. The smallest absolute Gasteiger partial charge is 0.232 e. The van der Waals surface area contributed by atoms with Crippen molar-refractivity contribution < 1.29 is 17.2 Å². The van der Waals surface area contributed by atoms with Gasteiger partial charge in [0.1, 0.15) is 17.3 Å². The summed E-state index contributed by atoms with van der Waals surface area (Å²) in [5.74, 6) is -0.731. The molecular formula is C26H30F2N8O2S. The number of hydrogen-bond donors (Lipinski definition) is 3. The Labute approximate surface area is 225 Å². The largest absolute Gasteiger partial charge is 0.367 e. The van der Waals surface area contributed by atoms with E-state index in [4.69, 9.17) is 0 Å². The van der Waals surface area contributed by atoms with E-state index in [-0.39, 0.29) is 28.6 Å². The Balaban J connectivity index is 1.44. The van der Waals surface area contributed by atoms with Crippen LogP contribution >= 0.6 is 0 Å². The normalized spacial score (nSPS) is 14.5. The summed E-state index contributed by atoms with van der Waals surface area (Å²) >= 11 is 0. The average molecular weight is 557 g/mol. The Hall–Kier alpha value is -3.97. The zero-order chi connectivity index (χ0) is 27.7. The van der Waals surface area contributed by atoms with E-state index in [1.54, 1.807) is 36.4 Å². The van der Waals surface area contributed by atoms with Gasteiger partial charge in [0.15, 0.2) is 5.82 Å². The van der Waals surface area contributed by atoms with Crippen LogP contribution in [0.4, 0.5) is 43.3 Å². The van der Waals surface area contributed by atoms with E-state index in [2.05, 4.69) is 37.4 Å². The Morgan fingerprint density at radius 2 is 1.77 bits per heavy atom. The number of benzene rings is 2. The summed E-state index contributed by atoms with van der Waals surface area (Å²) in [6.07, 6.45) is 2.26. The van der Waals surface area contributed by atoms with Crippen LogP contribution in [0.5, 0.6) is 0 Å². The predicted molar refractivity (Wildman–Crippen MR) is 151 cm³/mol. The second-order valence-corrected chi connectivity index (χ2v) is 11.4. The minimum Gasteiger partial charge on any atom is -0.367 e. The van der Waals surface area contributed by atoms with Crippen molar-refractivity contribution in [3.63, 3.8) is 0 Å². The molecule has 0 unspecified atom stereocenters. The van der Waals surface area contributed by atoms with Crippen LogP contribution in [0.1, 0.15) is 6.92 Å². The minimum atomic E-state index is -3.55. The SMILES string of the molecule is CCN1CCN(c2ccc(Nc3nc(Nc4ccccc4N(C)S(C)(=O)=O)c4c(F)c[nH]c4n3)cc2F)CC1. The molecule has 0 amide bonds. The van der Waals surface area contributed by atoms with Gasteiger partial charge in [-0.3, -0.25) is 4.31 Å². The standard InChI is InChI=1S/C26H30F2N8O2S/c1-4-35-11-13-36(14-12-35)21-10-9-17(15-18(21)27)30-26-32-24-23(19(28)16-29-24)25(33-26)31-20-7-5-6-8-22(20)34(2)39(3,37)38/h5-10,15-16H,4,11-14H2,1-3H3,(H3,29,30,31,32,33). The first-order valence-corrected chi connectivity index (χ1v) is 14.4.